The molecule has 4 heteroatoms. The second-order valence-electron chi connectivity index (χ2n) is 4.10. The lowest BCUT2D eigenvalue weighted by Crippen LogP contribution is -2.60. The van der Waals surface area contributed by atoms with Crippen molar-refractivity contribution >= 4 is 0 Å². The highest BCUT2D eigenvalue weighted by Gasteiger charge is 2.41. The van der Waals surface area contributed by atoms with Crippen LogP contribution in [0.2, 0.25) is 0 Å². The summed E-state index contributed by atoms with van der Waals surface area (Å²) in [6.45, 7) is 7.31. The van der Waals surface area contributed by atoms with E-state index in [0.29, 0.717) is 19.3 Å². The fourth-order valence-electron chi connectivity index (χ4n) is 1.99. The van der Waals surface area contributed by atoms with Crippen molar-refractivity contribution in [2.24, 2.45) is 0 Å². The Kier molecular flexibility index (Phi) is 6.96. The Morgan fingerprint density at radius 3 is 2.69 bits per heavy atom. The van der Waals surface area contributed by atoms with Gasteiger partial charge in [-0.1, -0.05) is 6.92 Å². The summed E-state index contributed by atoms with van der Waals surface area (Å²) in [7, 11) is 1.75. The molecule has 1 rings (SSSR count). The van der Waals surface area contributed by atoms with Gasteiger partial charge in [0.15, 0.2) is 0 Å². The topological polar surface area (TPSA) is 39.7 Å². The molecule has 0 aliphatic heterocycles. The minimum atomic E-state index is 0.202. The highest BCUT2D eigenvalue weighted by Crippen LogP contribution is 2.26. The zero-order chi connectivity index (χ0) is 11.8. The molecule has 0 aromatic heterocycles. The van der Waals surface area contributed by atoms with E-state index in [4.69, 9.17) is 14.2 Å². The average Bonchev–Trinajstić information content (AvgIpc) is 2.27. The molecule has 96 valence electrons. The summed E-state index contributed by atoms with van der Waals surface area (Å²) in [4.78, 5) is 0. The zero-order valence-corrected chi connectivity index (χ0v) is 10.7. The van der Waals surface area contributed by atoms with Gasteiger partial charge in [0.1, 0.15) is 0 Å². The van der Waals surface area contributed by atoms with Crippen LogP contribution in [0.25, 0.3) is 0 Å². The zero-order valence-electron chi connectivity index (χ0n) is 10.7. The fraction of sp³-hybridized carbons (Fsp3) is 1.00. The predicted octanol–water partition coefficient (Wildman–Crippen LogP) is 1.19. The molecule has 3 atom stereocenters. The largest absolute Gasteiger partial charge is 0.379 e. The van der Waals surface area contributed by atoms with E-state index in [0.717, 1.165) is 26.0 Å². The highest BCUT2D eigenvalue weighted by atomic mass is 16.6. The molecule has 0 spiro atoms. The van der Waals surface area contributed by atoms with E-state index in [9.17, 15) is 0 Å². The molecule has 0 aromatic rings. The van der Waals surface area contributed by atoms with Gasteiger partial charge in [0.05, 0.1) is 25.4 Å². The standard InChI is InChI=1S/C12H25NO3/c1-4-6-13-10-9-11(12(10)14-3)16-8-7-15-5-2/h10-13H,4-9H2,1-3H3. The lowest BCUT2D eigenvalue weighted by molar-refractivity contribution is -0.140. The van der Waals surface area contributed by atoms with Crippen molar-refractivity contribution in [2.75, 3.05) is 33.5 Å². The maximum absolute atomic E-state index is 5.70. The minimum Gasteiger partial charge on any atom is -0.379 e. The molecule has 3 unspecified atom stereocenters. The predicted molar refractivity (Wildman–Crippen MR) is 63.7 cm³/mol. The van der Waals surface area contributed by atoms with Gasteiger partial charge in [-0.3, -0.25) is 0 Å². The number of ether oxygens (including phenoxy) is 3. The van der Waals surface area contributed by atoms with E-state index in [1.165, 1.54) is 0 Å². The van der Waals surface area contributed by atoms with Gasteiger partial charge in [0, 0.05) is 19.8 Å². The van der Waals surface area contributed by atoms with Crippen LogP contribution in [0.5, 0.6) is 0 Å². The number of nitrogens with one attached hydrogen (secondary N) is 1. The molecular weight excluding hydrogens is 206 g/mol. The van der Waals surface area contributed by atoms with E-state index >= 15 is 0 Å². The van der Waals surface area contributed by atoms with Gasteiger partial charge in [0.2, 0.25) is 0 Å². The molecule has 4 nitrogen and oxygen atoms in total. The van der Waals surface area contributed by atoms with Crippen LogP contribution in [0.15, 0.2) is 0 Å². The van der Waals surface area contributed by atoms with Crippen molar-refractivity contribution in [1.29, 1.82) is 0 Å². The van der Waals surface area contributed by atoms with E-state index in [2.05, 4.69) is 12.2 Å². The van der Waals surface area contributed by atoms with Crippen LogP contribution in [-0.4, -0.2) is 51.7 Å². The van der Waals surface area contributed by atoms with Gasteiger partial charge < -0.3 is 19.5 Å². The molecule has 0 aromatic carbocycles. The third kappa shape index (κ3) is 4.01. The normalized spacial score (nSPS) is 29.1. The van der Waals surface area contributed by atoms with Gasteiger partial charge in [0.25, 0.3) is 0 Å². The van der Waals surface area contributed by atoms with Crippen LogP contribution in [-0.2, 0) is 14.2 Å². The smallest absolute Gasteiger partial charge is 0.0986 e. The van der Waals surface area contributed by atoms with E-state index < -0.39 is 0 Å². The van der Waals surface area contributed by atoms with Gasteiger partial charge >= 0.3 is 0 Å². The second-order valence-corrected chi connectivity index (χ2v) is 4.10. The Morgan fingerprint density at radius 2 is 2.06 bits per heavy atom. The van der Waals surface area contributed by atoms with E-state index in [1.54, 1.807) is 7.11 Å². The Balaban J connectivity index is 2.10. The molecule has 0 amide bonds. The van der Waals surface area contributed by atoms with Crippen LogP contribution in [0.1, 0.15) is 26.7 Å². The molecule has 1 saturated carbocycles. The molecule has 0 saturated heterocycles. The molecule has 0 heterocycles. The van der Waals surface area contributed by atoms with Crippen LogP contribution in [0, 0.1) is 0 Å². The summed E-state index contributed by atoms with van der Waals surface area (Å²) in [5, 5.41) is 3.47. The first-order valence-corrected chi connectivity index (χ1v) is 6.29. The third-order valence-corrected chi connectivity index (χ3v) is 2.94. The third-order valence-electron chi connectivity index (χ3n) is 2.94. The Morgan fingerprint density at radius 1 is 1.25 bits per heavy atom. The van der Waals surface area contributed by atoms with Gasteiger partial charge in [-0.15, -0.1) is 0 Å². The number of methoxy groups -OCH3 is 1. The summed E-state index contributed by atoms with van der Waals surface area (Å²) in [6.07, 6.45) is 2.64. The Hall–Kier alpha value is -0.160. The molecule has 0 bridgehead atoms. The lowest BCUT2D eigenvalue weighted by atomic mass is 9.85. The molecule has 1 fully saturated rings. The number of hydrogen-bond acceptors (Lipinski definition) is 4. The Labute approximate surface area is 98.6 Å². The summed E-state index contributed by atoms with van der Waals surface area (Å²) in [6, 6.07) is 0.460. The van der Waals surface area contributed by atoms with Crippen molar-refractivity contribution in [3.8, 4) is 0 Å². The molecule has 0 radical (unpaired) electrons. The maximum atomic E-state index is 5.70. The van der Waals surface area contributed by atoms with Crippen molar-refractivity contribution < 1.29 is 14.2 Å². The molecular formula is C12H25NO3. The highest BCUT2D eigenvalue weighted by molar-refractivity contribution is 4.96. The van der Waals surface area contributed by atoms with Crippen LogP contribution in [0.3, 0.4) is 0 Å². The van der Waals surface area contributed by atoms with Crippen molar-refractivity contribution in [1.82, 2.24) is 5.32 Å². The first-order valence-electron chi connectivity index (χ1n) is 6.29. The molecule has 1 N–H and O–H groups in total. The van der Waals surface area contributed by atoms with Crippen molar-refractivity contribution in [3.05, 3.63) is 0 Å². The molecule has 1 aliphatic carbocycles. The first kappa shape index (κ1) is 13.9. The first-order chi connectivity index (χ1) is 7.83. The van der Waals surface area contributed by atoms with Gasteiger partial charge in [-0.25, -0.2) is 0 Å². The van der Waals surface area contributed by atoms with Crippen molar-refractivity contribution in [3.63, 3.8) is 0 Å². The lowest BCUT2D eigenvalue weighted by Gasteiger charge is -2.43. The van der Waals surface area contributed by atoms with Crippen LogP contribution in [0.4, 0.5) is 0 Å². The number of rotatable bonds is 9. The number of hydrogen-bond donors (Lipinski definition) is 1. The summed E-state index contributed by atoms with van der Waals surface area (Å²) < 4.78 is 16.4. The molecule has 16 heavy (non-hydrogen) atoms. The van der Waals surface area contributed by atoms with Crippen molar-refractivity contribution in [2.45, 2.75) is 44.9 Å². The van der Waals surface area contributed by atoms with Gasteiger partial charge in [-0.05, 0) is 26.3 Å². The van der Waals surface area contributed by atoms with E-state index in [1.807, 2.05) is 6.92 Å². The summed E-state index contributed by atoms with van der Waals surface area (Å²) >= 11 is 0. The minimum absolute atomic E-state index is 0.202. The summed E-state index contributed by atoms with van der Waals surface area (Å²) in [5.41, 5.74) is 0. The van der Waals surface area contributed by atoms with Gasteiger partial charge in [-0.2, -0.15) is 0 Å². The van der Waals surface area contributed by atoms with Crippen LogP contribution >= 0.6 is 0 Å². The molecule has 1 aliphatic rings. The van der Waals surface area contributed by atoms with E-state index in [-0.39, 0.29) is 12.2 Å². The monoisotopic (exact) mass is 231 g/mol. The maximum Gasteiger partial charge on any atom is 0.0986 e. The average molecular weight is 231 g/mol. The van der Waals surface area contributed by atoms with Crippen LogP contribution < -0.4 is 5.32 Å². The SMILES string of the molecule is CCCNC1CC(OCCOCC)C1OC. The quantitative estimate of drug-likeness (QED) is 0.605. The summed E-state index contributed by atoms with van der Waals surface area (Å²) in [5.74, 6) is 0. The Bertz CT molecular complexity index is 176. The fourth-order valence-corrected chi connectivity index (χ4v) is 1.99. The second kappa shape index (κ2) is 8.01.